The Balaban J connectivity index is 1.82. The predicted octanol–water partition coefficient (Wildman–Crippen LogP) is 3.27. The summed E-state index contributed by atoms with van der Waals surface area (Å²) in [5.41, 5.74) is 5.07. The average molecular weight is 367 g/mol. The van der Waals surface area contributed by atoms with Gasteiger partial charge in [0, 0.05) is 25.4 Å². The summed E-state index contributed by atoms with van der Waals surface area (Å²) in [5, 5.41) is 11.6. The van der Waals surface area contributed by atoms with Gasteiger partial charge in [0.1, 0.15) is 11.4 Å². The van der Waals surface area contributed by atoms with E-state index in [0.717, 1.165) is 34.0 Å². The van der Waals surface area contributed by atoms with Crippen molar-refractivity contribution in [3.8, 4) is 17.0 Å². The van der Waals surface area contributed by atoms with E-state index in [0.29, 0.717) is 5.69 Å². The molecule has 0 bridgehead atoms. The Bertz CT molecular complexity index is 955. The first-order valence-electron chi connectivity index (χ1n) is 8.80. The molecule has 0 aliphatic rings. The number of carbonyl (C=O) groups is 1. The van der Waals surface area contributed by atoms with Crippen molar-refractivity contribution < 1.29 is 9.53 Å². The van der Waals surface area contributed by atoms with Gasteiger partial charge in [-0.05, 0) is 44.5 Å². The summed E-state index contributed by atoms with van der Waals surface area (Å²) < 4.78 is 7.01. The number of amides is 1. The number of aromatic nitrogens is 4. The molecule has 1 aromatic carbocycles. The van der Waals surface area contributed by atoms with Crippen molar-refractivity contribution in [2.45, 2.75) is 26.8 Å². The van der Waals surface area contributed by atoms with Crippen LogP contribution < -0.4 is 4.74 Å². The second kappa shape index (κ2) is 7.26. The van der Waals surface area contributed by atoms with Crippen molar-refractivity contribution >= 4 is 5.91 Å². The van der Waals surface area contributed by atoms with Crippen molar-refractivity contribution in [2.24, 2.45) is 7.05 Å². The van der Waals surface area contributed by atoms with E-state index >= 15 is 0 Å². The molecule has 0 radical (unpaired) electrons. The van der Waals surface area contributed by atoms with Gasteiger partial charge >= 0.3 is 0 Å². The summed E-state index contributed by atoms with van der Waals surface area (Å²) >= 11 is 0. The van der Waals surface area contributed by atoms with Crippen LogP contribution in [0.5, 0.6) is 5.75 Å². The van der Waals surface area contributed by atoms with E-state index in [-0.39, 0.29) is 11.9 Å². The minimum absolute atomic E-state index is 0.0861. The molecule has 0 aliphatic heterocycles. The summed E-state index contributed by atoms with van der Waals surface area (Å²) in [6.07, 6.45) is 0. The fraction of sp³-hybridized carbons (Fsp3) is 0.350. The zero-order valence-corrected chi connectivity index (χ0v) is 16.6. The molecule has 0 aliphatic carbocycles. The lowest BCUT2D eigenvalue weighted by molar-refractivity contribution is 0.0736. The number of hydrogen-bond donors (Lipinski definition) is 1. The molecule has 7 nitrogen and oxygen atoms in total. The van der Waals surface area contributed by atoms with Gasteiger partial charge in [-0.3, -0.25) is 14.6 Å². The maximum atomic E-state index is 12.9. The highest BCUT2D eigenvalue weighted by Gasteiger charge is 2.22. The summed E-state index contributed by atoms with van der Waals surface area (Å²) in [5.74, 6) is 0.677. The van der Waals surface area contributed by atoms with E-state index < -0.39 is 0 Å². The third kappa shape index (κ3) is 3.45. The molecule has 3 aromatic rings. The molecular formula is C20H25N5O2. The van der Waals surface area contributed by atoms with Crippen LogP contribution in [0.15, 0.2) is 30.3 Å². The predicted molar refractivity (Wildman–Crippen MR) is 104 cm³/mol. The Hall–Kier alpha value is -3.09. The normalized spacial score (nSPS) is 12.1. The van der Waals surface area contributed by atoms with Gasteiger partial charge in [-0.15, -0.1) is 0 Å². The summed E-state index contributed by atoms with van der Waals surface area (Å²) in [6.45, 7) is 5.92. The number of benzene rings is 1. The number of nitrogens with one attached hydrogen (secondary N) is 1. The Morgan fingerprint density at radius 3 is 2.48 bits per heavy atom. The molecule has 142 valence electrons. The minimum atomic E-state index is -0.115. The molecule has 1 amide bonds. The quantitative estimate of drug-likeness (QED) is 0.751. The maximum Gasteiger partial charge on any atom is 0.272 e. The largest absolute Gasteiger partial charge is 0.497 e. The molecule has 3 rings (SSSR count). The molecule has 27 heavy (non-hydrogen) atoms. The molecule has 1 N–H and O–H groups in total. The third-order valence-corrected chi connectivity index (χ3v) is 5.07. The first-order valence-corrected chi connectivity index (χ1v) is 8.80. The third-order valence-electron chi connectivity index (χ3n) is 5.07. The monoisotopic (exact) mass is 367 g/mol. The van der Waals surface area contributed by atoms with Gasteiger partial charge in [0.05, 0.1) is 24.5 Å². The molecule has 0 saturated carbocycles. The van der Waals surface area contributed by atoms with Crippen LogP contribution >= 0.6 is 0 Å². The lowest BCUT2D eigenvalue weighted by Gasteiger charge is -2.24. The number of rotatable bonds is 5. The second-order valence-electron chi connectivity index (χ2n) is 6.70. The number of hydrogen-bond acceptors (Lipinski definition) is 4. The van der Waals surface area contributed by atoms with Gasteiger partial charge in [-0.2, -0.15) is 10.2 Å². The molecule has 7 heteroatoms. The van der Waals surface area contributed by atoms with Crippen molar-refractivity contribution in [3.05, 3.63) is 53.0 Å². The zero-order chi connectivity index (χ0) is 19.7. The van der Waals surface area contributed by atoms with Gasteiger partial charge in [0.25, 0.3) is 5.91 Å². The van der Waals surface area contributed by atoms with Crippen LogP contribution in [0.25, 0.3) is 11.3 Å². The van der Waals surface area contributed by atoms with Crippen molar-refractivity contribution in [1.82, 2.24) is 24.9 Å². The number of aromatic amines is 1. The van der Waals surface area contributed by atoms with Crippen molar-refractivity contribution in [3.63, 3.8) is 0 Å². The van der Waals surface area contributed by atoms with Gasteiger partial charge in [0.2, 0.25) is 0 Å². The number of H-pyrrole nitrogens is 1. The Morgan fingerprint density at radius 1 is 1.26 bits per heavy atom. The first-order chi connectivity index (χ1) is 12.8. The van der Waals surface area contributed by atoms with Crippen LogP contribution in [0.2, 0.25) is 0 Å². The van der Waals surface area contributed by atoms with Crippen LogP contribution in [0.4, 0.5) is 0 Å². The minimum Gasteiger partial charge on any atom is -0.497 e. The van der Waals surface area contributed by atoms with Crippen molar-refractivity contribution in [2.75, 3.05) is 14.2 Å². The van der Waals surface area contributed by atoms with Gasteiger partial charge in [-0.25, -0.2) is 0 Å². The van der Waals surface area contributed by atoms with E-state index in [4.69, 9.17) is 4.74 Å². The van der Waals surface area contributed by atoms with Gasteiger partial charge in [-0.1, -0.05) is 12.1 Å². The first kappa shape index (κ1) is 18.7. The van der Waals surface area contributed by atoms with Gasteiger partial charge in [0.15, 0.2) is 0 Å². The standard InChI is InChI=1S/C20H25N5O2/c1-12-19(14(3)25(5)23-12)17-11-18(22-21-17)20(26)24(4)13(2)15-7-9-16(27-6)10-8-15/h7-11,13H,1-6H3,(H,21,22). The van der Waals surface area contributed by atoms with E-state index in [1.807, 2.05) is 56.8 Å². The van der Waals surface area contributed by atoms with E-state index in [1.54, 1.807) is 25.1 Å². The molecular weight excluding hydrogens is 342 g/mol. The van der Waals surface area contributed by atoms with Crippen LogP contribution in [0.3, 0.4) is 0 Å². The summed E-state index contributed by atoms with van der Waals surface area (Å²) in [6, 6.07) is 9.43. The van der Waals surface area contributed by atoms with Crippen LogP contribution in [-0.2, 0) is 7.05 Å². The van der Waals surface area contributed by atoms with E-state index in [2.05, 4.69) is 15.3 Å². The molecule has 0 spiro atoms. The van der Waals surface area contributed by atoms with Crippen LogP contribution in [0, 0.1) is 13.8 Å². The Morgan fingerprint density at radius 2 is 1.93 bits per heavy atom. The lowest BCUT2D eigenvalue weighted by atomic mass is 10.1. The molecule has 0 fully saturated rings. The van der Waals surface area contributed by atoms with Crippen LogP contribution in [-0.4, -0.2) is 44.9 Å². The fourth-order valence-corrected chi connectivity index (χ4v) is 3.18. The number of carbonyl (C=O) groups excluding carboxylic acids is 1. The molecule has 2 heterocycles. The van der Waals surface area contributed by atoms with Gasteiger partial charge < -0.3 is 9.64 Å². The maximum absolute atomic E-state index is 12.9. The highest BCUT2D eigenvalue weighted by atomic mass is 16.5. The van der Waals surface area contributed by atoms with E-state index in [1.165, 1.54) is 0 Å². The van der Waals surface area contributed by atoms with E-state index in [9.17, 15) is 4.79 Å². The van der Waals surface area contributed by atoms with Crippen molar-refractivity contribution in [1.29, 1.82) is 0 Å². The molecule has 2 aromatic heterocycles. The SMILES string of the molecule is COc1ccc(C(C)N(C)C(=O)c2cc(-c3c(C)nn(C)c3C)n[nH]2)cc1. The average Bonchev–Trinajstić information content (AvgIpc) is 3.24. The van der Waals surface area contributed by atoms with Crippen LogP contribution in [0.1, 0.15) is 40.4 Å². The molecule has 1 atom stereocenters. The smallest absolute Gasteiger partial charge is 0.272 e. The number of aryl methyl sites for hydroxylation is 2. The number of nitrogens with zero attached hydrogens (tertiary/aromatic N) is 4. The zero-order valence-electron chi connectivity index (χ0n) is 16.6. The number of methoxy groups -OCH3 is 1. The lowest BCUT2D eigenvalue weighted by Crippen LogP contribution is -2.29. The molecule has 0 saturated heterocycles. The highest BCUT2D eigenvalue weighted by molar-refractivity contribution is 5.93. The Kier molecular flexibility index (Phi) is 5.03. The number of ether oxygens (including phenoxy) is 1. The fourth-order valence-electron chi connectivity index (χ4n) is 3.18. The topological polar surface area (TPSA) is 76.0 Å². The summed E-state index contributed by atoms with van der Waals surface area (Å²) in [7, 11) is 5.32. The second-order valence-corrected chi connectivity index (χ2v) is 6.70. The molecule has 1 unspecified atom stereocenters. The highest BCUT2D eigenvalue weighted by Crippen LogP contribution is 2.27. The Labute approximate surface area is 159 Å². The summed E-state index contributed by atoms with van der Waals surface area (Å²) in [4.78, 5) is 14.6.